The highest BCUT2D eigenvalue weighted by Crippen LogP contribution is 2.39. The molecule has 106 valence electrons. The van der Waals surface area contributed by atoms with Gasteiger partial charge >= 0.3 is 0 Å². The molecule has 0 radical (unpaired) electrons. The summed E-state index contributed by atoms with van der Waals surface area (Å²) in [7, 11) is 0. The van der Waals surface area contributed by atoms with E-state index in [-0.39, 0.29) is 5.88 Å². The SMILES string of the molecule is Cc1ccc(-c2noc(N)c2-c2cccc(Br)c2)c(Cl)c1. The van der Waals surface area contributed by atoms with Gasteiger partial charge in [-0.25, -0.2) is 0 Å². The van der Waals surface area contributed by atoms with E-state index in [1.54, 1.807) is 0 Å². The van der Waals surface area contributed by atoms with Crippen LogP contribution in [0.1, 0.15) is 5.56 Å². The highest BCUT2D eigenvalue weighted by molar-refractivity contribution is 9.10. The summed E-state index contributed by atoms with van der Waals surface area (Å²) in [6.07, 6.45) is 0. The van der Waals surface area contributed by atoms with Gasteiger partial charge < -0.3 is 10.3 Å². The maximum atomic E-state index is 6.33. The van der Waals surface area contributed by atoms with Crippen molar-refractivity contribution < 1.29 is 4.52 Å². The zero-order valence-corrected chi connectivity index (χ0v) is 13.6. The summed E-state index contributed by atoms with van der Waals surface area (Å²) < 4.78 is 6.14. The summed E-state index contributed by atoms with van der Waals surface area (Å²) in [5.74, 6) is 0.278. The normalized spacial score (nSPS) is 10.8. The van der Waals surface area contributed by atoms with Crippen LogP contribution in [-0.2, 0) is 0 Å². The molecule has 2 N–H and O–H groups in total. The second-order valence-corrected chi connectivity index (χ2v) is 6.09. The summed E-state index contributed by atoms with van der Waals surface area (Å²) in [5, 5.41) is 4.71. The van der Waals surface area contributed by atoms with Crippen LogP contribution in [0.3, 0.4) is 0 Å². The lowest BCUT2D eigenvalue weighted by Gasteiger charge is -2.06. The van der Waals surface area contributed by atoms with Crippen LogP contribution < -0.4 is 5.73 Å². The van der Waals surface area contributed by atoms with Gasteiger partial charge in [-0.05, 0) is 36.2 Å². The first kappa shape index (κ1) is 14.2. The van der Waals surface area contributed by atoms with Crippen molar-refractivity contribution in [2.75, 3.05) is 5.73 Å². The summed E-state index contributed by atoms with van der Waals surface area (Å²) in [6, 6.07) is 13.6. The molecule has 0 amide bonds. The van der Waals surface area contributed by atoms with E-state index in [2.05, 4.69) is 21.1 Å². The zero-order chi connectivity index (χ0) is 15.0. The number of rotatable bonds is 2. The molecule has 5 heteroatoms. The first-order valence-corrected chi connectivity index (χ1v) is 7.51. The minimum absolute atomic E-state index is 0.278. The molecule has 21 heavy (non-hydrogen) atoms. The van der Waals surface area contributed by atoms with Gasteiger partial charge in [-0.2, -0.15) is 0 Å². The quantitative estimate of drug-likeness (QED) is 0.671. The fraction of sp³-hybridized carbons (Fsp3) is 0.0625. The van der Waals surface area contributed by atoms with Gasteiger partial charge in [0.05, 0.1) is 10.6 Å². The van der Waals surface area contributed by atoms with E-state index in [1.165, 1.54) is 0 Å². The Kier molecular flexibility index (Phi) is 3.74. The van der Waals surface area contributed by atoms with Crippen LogP contribution in [0, 0.1) is 6.92 Å². The van der Waals surface area contributed by atoms with E-state index < -0.39 is 0 Å². The molecule has 3 nitrogen and oxygen atoms in total. The Labute approximate surface area is 135 Å². The minimum Gasteiger partial charge on any atom is -0.367 e. The Morgan fingerprint density at radius 3 is 2.71 bits per heavy atom. The van der Waals surface area contributed by atoms with Crippen LogP contribution in [0.2, 0.25) is 5.02 Å². The molecule has 0 aliphatic carbocycles. The molecular weight excluding hydrogens is 352 g/mol. The molecule has 0 saturated carbocycles. The van der Waals surface area contributed by atoms with Crippen molar-refractivity contribution >= 4 is 33.4 Å². The Morgan fingerprint density at radius 2 is 2.00 bits per heavy atom. The van der Waals surface area contributed by atoms with Crippen molar-refractivity contribution in [3.05, 3.63) is 57.5 Å². The molecule has 0 fully saturated rings. The average molecular weight is 364 g/mol. The standard InChI is InChI=1S/C16H12BrClN2O/c1-9-5-6-12(13(18)7-9)15-14(16(19)21-20-15)10-3-2-4-11(17)8-10/h2-8H,19H2,1H3. The van der Waals surface area contributed by atoms with Crippen molar-refractivity contribution in [3.63, 3.8) is 0 Å². The average Bonchev–Trinajstić information content (AvgIpc) is 2.80. The van der Waals surface area contributed by atoms with Gasteiger partial charge in [-0.3, -0.25) is 0 Å². The van der Waals surface area contributed by atoms with E-state index >= 15 is 0 Å². The van der Waals surface area contributed by atoms with Crippen molar-refractivity contribution in [2.45, 2.75) is 6.92 Å². The number of halogens is 2. The Balaban J connectivity index is 2.22. The third kappa shape index (κ3) is 2.69. The highest BCUT2D eigenvalue weighted by atomic mass is 79.9. The smallest absolute Gasteiger partial charge is 0.230 e. The summed E-state index contributed by atoms with van der Waals surface area (Å²) in [4.78, 5) is 0. The van der Waals surface area contributed by atoms with E-state index in [4.69, 9.17) is 21.9 Å². The lowest BCUT2D eigenvalue weighted by molar-refractivity contribution is 0.439. The van der Waals surface area contributed by atoms with Gasteiger partial charge in [0.25, 0.3) is 0 Å². The minimum atomic E-state index is 0.278. The van der Waals surface area contributed by atoms with Gasteiger partial charge in [0, 0.05) is 10.0 Å². The third-order valence-corrected chi connectivity index (χ3v) is 4.02. The predicted molar refractivity (Wildman–Crippen MR) is 89.2 cm³/mol. The molecule has 1 aromatic heterocycles. The maximum Gasteiger partial charge on any atom is 0.230 e. The number of nitrogens with two attached hydrogens (primary N) is 1. The van der Waals surface area contributed by atoms with Crippen molar-refractivity contribution in [2.24, 2.45) is 0 Å². The molecule has 0 unspecified atom stereocenters. The van der Waals surface area contributed by atoms with E-state index in [1.807, 2.05) is 49.4 Å². The fourth-order valence-corrected chi connectivity index (χ4v) is 2.95. The number of nitrogen functional groups attached to an aromatic ring is 1. The zero-order valence-electron chi connectivity index (χ0n) is 11.2. The van der Waals surface area contributed by atoms with E-state index in [0.29, 0.717) is 10.7 Å². The van der Waals surface area contributed by atoms with Gasteiger partial charge in [0.15, 0.2) is 0 Å². The second-order valence-electron chi connectivity index (χ2n) is 4.76. The van der Waals surface area contributed by atoms with Crippen LogP contribution in [0.25, 0.3) is 22.4 Å². The Morgan fingerprint density at radius 1 is 1.19 bits per heavy atom. The number of hydrogen-bond acceptors (Lipinski definition) is 3. The molecule has 2 aromatic carbocycles. The highest BCUT2D eigenvalue weighted by Gasteiger charge is 2.19. The molecular formula is C16H12BrClN2O. The molecule has 1 heterocycles. The first-order chi connectivity index (χ1) is 10.1. The number of aromatic nitrogens is 1. The molecule has 0 atom stereocenters. The van der Waals surface area contributed by atoms with Crippen molar-refractivity contribution in [1.82, 2.24) is 5.16 Å². The number of benzene rings is 2. The van der Waals surface area contributed by atoms with Crippen LogP contribution in [0.5, 0.6) is 0 Å². The predicted octanol–water partition coefficient (Wildman–Crippen LogP) is 5.32. The number of nitrogens with zero attached hydrogens (tertiary/aromatic N) is 1. The van der Waals surface area contributed by atoms with Crippen LogP contribution in [0.4, 0.5) is 5.88 Å². The second kappa shape index (κ2) is 5.54. The van der Waals surface area contributed by atoms with Crippen LogP contribution in [0.15, 0.2) is 51.5 Å². The van der Waals surface area contributed by atoms with Crippen molar-refractivity contribution in [1.29, 1.82) is 0 Å². The van der Waals surface area contributed by atoms with Gasteiger partial charge in [0.1, 0.15) is 5.69 Å². The molecule has 3 rings (SSSR count). The number of anilines is 1. The maximum absolute atomic E-state index is 6.33. The molecule has 0 bridgehead atoms. The van der Waals surface area contributed by atoms with Crippen LogP contribution in [-0.4, -0.2) is 5.16 Å². The van der Waals surface area contributed by atoms with Crippen LogP contribution >= 0.6 is 27.5 Å². The van der Waals surface area contributed by atoms with Crippen molar-refractivity contribution in [3.8, 4) is 22.4 Å². The largest absolute Gasteiger partial charge is 0.367 e. The summed E-state index contributed by atoms with van der Waals surface area (Å²) in [6.45, 7) is 1.99. The van der Waals surface area contributed by atoms with E-state index in [9.17, 15) is 0 Å². The number of hydrogen-bond donors (Lipinski definition) is 1. The molecule has 0 aliphatic rings. The topological polar surface area (TPSA) is 52.0 Å². The molecule has 0 aliphatic heterocycles. The summed E-state index contributed by atoms with van der Waals surface area (Å²) >= 11 is 9.79. The molecule has 0 saturated heterocycles. The number of aryl methyl sites for hydroxylation is 1. The van der Waals surface area contributed by atoms with Gasteiger partial charge in [-0.15, -0.1) is 0 Å². The summed E-state index contributed by atoms with van der Waals surface area (Å²) in [5.41, 5.74) is 10.2. The monoisotopic (exact) mass is 362 g/mol. The fourth-order valence-electron chi connectivity index (χ4n) is 2.22. The van der Waals surface area contributed by atoms with Gasteiger partial charge in [0.2, 0.25) is 5.88 Å². The molecule has 3 aromatic rings. The first-order valence-electron chi connectivity index (χ1n) is 6.34. The van der Waals surface area contributed by atoms with Gasteiger partial charge in [-0.1, -0.05) is 57.0 Å². The Hall–Kier alpha value is -1.78. The molecule has 0 spiro atoms. The van der Waals surface area contributed by atoms with E-state index in [0.717, 1.165) is 26.7 Å². The Bertz CT molecular complexity index is 814. The lowest BCUT2D eigenvalue weighted by Crippen LogP contribution is -1.89. The lowest BCUT2D eigenvalue weighted by atomic mass is 10.0. The third-order valence-electron chi connectivity index (χ3n) is 3.21.